The van der Waals surface area contributed by atoms with Crippen molar-refractivity contribution in [1.29, 1.82) is 0 Å². The van der Waals surface area contributed by atoms with Gasteiger partial charge in [-0.25, -0.2) is 9.97 Å². The monoisotopic (exact) mass is 716 g/mol. The number of hydrogen-bond donors (Lipinski definition) is 0. The van der Waals surface area contributed by atoms with Gasteiger partial charge in [0, 0.05) is 53.4 Å². The van der Waals surface area contributed by atoms with Crippen LogP contribution in [-0.4, -0.2) is 18.9 Å². The van der Waals surface area contributed by atoms with Crippen LogP contribution in [0, 0.1) is 0 Å². The van der Waals surface area contributed by atoms with E-state index in [9.17, 15) is 0 Å². The van der Waals surface area contributed by atoms with Gasteiger partial charge in [-0.2, -0.15) is 0 Å². The van der Waals surface area contributed by atoms with E-state index < -0.39 is 0 Å². The standard InChI is InChI=1S/C50H28N4S/c1-2-12-29(13-3-1)32-24-25-35-39-28-38-34-16-6-9-19-40(34)54(48(38)45-36-17-7-10-20-41(36)53(47(39)45)42(35)27-32)50-51-46(33-23-22-30-14-4-5-15-31(30)26-33)44-37-18-8-11-21-43(37)55-49(44)52-50/h1-28H. The predicted octanol–water partition coefficient (Wildman–Crippen LogP) is 13.6. The van der Waals surface area contributed by atoms with Gasteiger partial charge in [0.05, 0.1) is 33.3 Å². The first kappa shape index (κ1) is 29.4. The molecule has 0 N–H and O–H groups in total. The third kappa shape index (κ3) is 3.94. The van der Waals surface area contributed by atoms with Gasteiger partial charge in [-0.05, 0) is 58.3 Å². The molecule has 5 aromatic heterocycles. The molecule has 55 heavy (non-hydrogen) atoms. The average molecular weight is 717 g/mol. The number of benzene rings is 8. The summed E-state index contributed by atoms with van der Waals surface area (Å²) < 4.78 is 6.04. The maximum absolute atomic E-state index is 5.61. The maximum Gasteiger partial charge on any atom is 0.236 e. The number of fused-ring (bicyclic) bond motifs is 14. The molecule has 8 aromatic carbocycles. The van der Waals surface area contributed by atoms with E-state index in [4.69, 9.17) is 9.97 Å². The zero-order valence-corrected chi connectivity index (χ0v) is 30.2. The molecule has 0 radical (unpaired) electrons. The van der Waals surface area contributed by atoms with E-state index in [0.717, 1.165) is 32.5 Å². The van der Waals surface area contributed by atoms with Crippen LogP contribution < -0.4 is 0 Å². The highest BCUT2D eigenvalue weighted by atomic mass is 32.1. The Balaban J connectivity index is 1.20. The molecule has 0 saturated carbocycles. The van der Waals surface area contributed by atoms with Gasteiger partial charge >= 0.3 is 0 Å². The predicted molar refractivity (Wildman–Crippen MR) is 232 cm³/mol. The summed E-state index contributed by atoms with van der Waals surface area (Å²) in [5.74, 6) is 0.683. The lowest BCUT2D eigenvalue weighted by Gasteiger charge is -2.11. The van der Waals surface area contributed by atoms with Crippen LogP contribution >= 0.6 is 11.3 Å². The Bertz CT molecular complexity index is 3720. The summed E-state index contributed by atoms with van der Waals surface area (Å²) in [7, 11) is 0. The van der Waals surface area contributed by atoms with Gasteiger partial charge < -0.3 is 4.40 Å². The molecule has 0 fully saturated rings. The summed E-state index contributed by atoms with van der Waals surface area (Å²) in [6.07, 6.45) is 0. The van der Waals surface area contributed by atoms with Crippen molar-refractivity contribution in [2.45, 2.75) is 0 Å². The van der Waals surface area contributed by atoms with Gasteiger partial charge in [0.15, 0.2) is 0 Å². The normalized spacial score (nSPS) is 12.4. The van der Waals surface area contributed by atoms with E-state index in [2.05, 4.69) is 179 Å². The van der Waals surface area contributed by atoms with Crippen molar-refractivity contribution >= 4 is 102 Å². The topological polar surface area (TPSA) is 35.1 Å². The largest absolute Gasteiger partial charge is 0.308 e. The fourth-order valence-electron chi connectivity index (χ4n) is 9.28. The smallest absolute Gasteiger partial charge is 0.236 e. The quantitative estimate of drug-likeness (QED) is 0.182. The fraction of sp³-hybridized carbons (Fsp3) is 0. The highest BCUT2D eigenvalue weighted by molar-refractivity contribution is 7.25. The summed E-state index contributed by atoms with van der Waals surface area (Å²) in [5.41, 5.74) is 10.3. The van der Waals surface area contributed by atoms with E-state index >= 15 is 0 Å². The summed E-state index contributed by atoms with van der Waals surface area (Å²) in [4.78, 5) is 12.1. The summed E-state index contributed by atoms with van der Waals surface area (Å²) in [5, 5.41) is 12.1. The van der Waals surface area contributed by atoms with Crippen LogP contribution in [0.4, 0.5) is 0 Å². The highest BCUT2D eigenvalue weighted by Crippen LogP contribution is 2.47. The molecule has 0 spiro atoms. The molecule has 0 saturated heterocycles. The minimum atomic E-state index is 0.683. The van der Waals surface area contributed by atoms with E-state index in [1.807, 2.05) is 0 Å². The number of hydrogen-bond acceptors (Lipinski definition) is 3. The Morgan fingerprint density at radius 2 is 1.09 bits per heavy atom. The molecule has 0 unspecified atom stereocenters. The Morgan fingerprint density at radius 1 is 0.400 bits per heavy atom. The van der Waals surface area contributed by atoms with Crippen LogP contribution in [0.2, 0.25) is 0 Å². The van der Waals surface area contributed by atoms with Crippen LogP contribution in [0.5, 0.6) is 0 Å². The highest BCUT2D eigenvalue weighted by Gasteiger charge is 2.26. The molecule has 0 bridgehead atoms. The second-order valence-electron chi connectivity index (χ2n) is 14.6. The molecule has 0 aliphatic carbocycles. The summed E-state index contributed by atoms with van der Waals surface area (Å²) >= 11 is 1.74. The number of rotatable bonds is 3. The van der Waals surface area contributed by atoms with Gasteiger partial charge in [0.25, 0.3) is 0 Å². The first-order valence-corrected chi connectivity index (χ1v) is 19.5. The van der Waals surface area contributed by atoms with Crippen LogP contribution in [0.25, 0.3) is 119 Å². The van der Waals surface area contributed by atoms with Crippen molar-refractivity contribution in [3.8, 4) is 28.3 Å². The van der Waals surface area contributed by atoms with Crippen LogP contribution in [-0.2, 0) is 0 Å². The molecule has 0 atom stereocenters. The van der Waals surface area contributed by atoms with Gasteiger partial charge in [0.2, 0.25) is 5.95 Å². The summed E-state index contributed by atoms with van der Waals surface area (Å²) in [6.45, 7) is 0. The Kier molecular flexibility index (Phi) is 5.74. The first-order chi connectivity index (χ1) is 27.3. The van der Waals surface area contributed by atoms with E-state index in [1.54, 1.807) is 11.3 Å². The van der Waals surface area contributed by atoms with Crippen molar-refractivity contribution in [1.82, 2.24) is 18.9 Å². The Hall–Kier alpha value is -7.08. The molecule has 0 aliphatic rings. The van der Waals surface area contributed by atoms with Crippen molar-refractivity contribution in [2.75, 3.05) is 0 Å². The van der Waals surface area contributed by atoms with Crippen molar-refractivity contribution in [2.24, 2.45) is 0 Å². The minimum Gasteiger partial charge on any atom is -0.308 e. The SMILES string of the molecule is c1ccc(-c2ccc3c4cc5c6ccccc6n(-c6nc(-c7ccc8ccccc8c7)c7c(n6)sc6ccccc67)c5c5c6ccccc6n(c3c2)c45)cc1. The maximum atomic E-state index is 5.61. The van der Waals surface area contributed by atoms with Crippen molar-refractivity contribution in [3.63, 3.8) is 0 Å². The van der Waals surface area contributed by atoms with Crippen molar-refractivity contribution in [3.05, 3.63) is 170 Å². The molecule has 5 heterocycles. The van der Waals surface area contributed by atoms with E-state index in [0.29, 0.717) is 5.95 Å². The van der Waals surface area contributed by atoms with Gasteiger partial charge in [0.1, 0.15) is 4.83 Å². The van der Waals surface area contributed by atoms with Crippen LogP contribution in [0.3, 0.4) is 0 Å². The number of thiophene rings is 1. The van der Waals surface area contributed by atoms with E-state index in [-0.39, 0.29) is 0 Å². The average Bonchev–Trinajstić information content (AvgIpc) is 3.98. The van der Waals surface area contributed by atoms with Crippen LogP contribution in [0.1, 0.15) is 0 Å². The molecule has 13 aromatic rings. The number of para-hydroxylation sites is 2. The fourth-order valence-corrected chi connectivity index (χ4v) is 10.4. The lowest BCUT2D eigenvalue weighted by molar-refractivity contribution is 1.02. The third-order valence-corrected chi connectivity index (χ3v) is 12.7. The zero-order valence-electron chi connectivity index (χ0n) is 29.4. The van der Waals surface area contributed by atoms with Crippen molar-refractivity contribution < 1.29 is 0 Å². The Labute approximate surface area is 318 Å². The van der Waals surface area contributed by atoms with Gasteiger partial charge in [-0.1, -0.05) is 133 Å². The lowest BCUT2D eigenvalue weighted by Crippen LogP contribution is -2.03. The lowest BCUT2D eigenvalue weighted by atomic mass is 10.0. The van der Waals surface area contributed by atoms with Crippen LogP contribution in [0.15, 0.2) is 170 Å². The Morgan fingerprint density at radius 3 is 1.98 bits per heavy atom. The van der Waals surface area contributed by atoms with E-state index in [1.165, 1.54) is 80.9 Å². The first-order valence-electron chi connectivity index (χ1n) is 18.7. The third-order valence-electron chi connectivity index (χ3n) is 11.7. The summed E-state index contributed by atoms with van der Waals surface area (Å²) in [6, 6.07) is 61.6. The van der Waals surface area contributed by atoms with Gasteiger partial charge in [-0.3, -0.25) is 4.57 Å². The molecule has 254 valence electrons. The molecular weight excluding hydrogens is 689 g/mol. The molecule has 5 heteroatoms. The minimum absolute atomic E-state index is 0.683. The second kappa shape index (κ2) is 10.8. The number of aromatic nitrogens is 4. The second-order valence-corrected chi connectivity index (χ2v) is 15.6. The molecular formula is C50H28N4S. The number of nitrogens with zero attached hydrogens (tertiary/aromatic N) is 4. The molecule has 4 nitrogen and oxygen atoms in total. The zero-order chi connectivity index (χ0) is 35.8. The van der Waals surface area contributed by atoms with Gasteiger partial charge in [-0.15, -0.1) is 11.3 Å². The molecule has 0 aliphatic heterocycles. The molecule has 0 amide bonds. The molecule has 13 rings (SSSR count).